The van der Waals surface area contributed by atoms with Crippen LogP contribution in [0.25, 0.3) is 0 Å². The summed E-state index contributed by atoms with van der Waals surface area (Å²) in [5.41, 5.74) is 4.80. The van der Waals surface area contributed by atoms with Crippen LogP contribution in [0, 0.1) is 20.8 Å². The number of aryl methyl sites for hydroxylation is 3. The Morgan fingerprint density at radius 1 is 1.04 bits per heavy atom. The lowest BCUT2D eigenvalue weighted by atomic mass is 9.96. The van der Waals surface area contributed by atoms with Crippen LogP contribution in [0.2, 0.25) is 0 Å². The monoisotopic (exact) mass is 327 g/mol. The van der Waals surface area contributed by atoms with Gasteiger partial charge >= 0.3 is 0 Å². The molecule has 1 amide bonds. The van der Waals surface area contributed by atoms with Gasteiger partial charge in [-0.2, -0.15) is 0 Å². The van der Waals surface area contributed by atoms with Crippen molar-refractivity contribution in [3.63, 3.8) is 0 Å². The van der Waals surface area contributed by atoms with E-state index in [4.69, 9.17) is 9.47 Å². The lowest BCUT2D eigenvalue weighted by Gasteiger charge is -2.18. The molecule has 0 fully saturated rings. The average molecular weight is 327 g/mol. The molecule has 2 aromatic carbocycles. The highest BCUT2D eigenvalue weighted by molar-refractivity contribution is 5.78. The molecule has 0 aliphatic rings. The molecule has 0 saturated heterocycles. The van der Waals surface area contributed by atoms with Crippen molar-refractivity contribution in [2.45, 2.75) is 33.7 Å². The molecular weight excluding hydrogens is 302 g/mol. The summed E-state index contributed by atoms with van der Waals surface area (Å²) in [6.45, 7) is 8.20. The molecule has 2 rings (SSSR count). The summed E-state index contributed by atoms with van der Waals surface area (Å²) in [5.74, 6) is 1.16. The van der Waals surface area contributed by atoms with Crippen molar-refractivity contribution in [1.29, 1.82) is 0 Å². The topological polar surface area (TPSA) is 47.6 Å². The summed E-state index contributed by atoms with van der Waals surface area (Å²) in [7, 11) is 1.60. The molecule has 0 aliphatic heterocycles. The average Bonchev–Trinajstić information content (AvgIpc) is 2.56. The van der Waals surface area contributed by atoms with E-state index in [1.54, 1.807) is 19.2 Å². The Hall–Kier alpha value is -2.49. The molecule has 24 heavy (non-hydrogen) atoms. The first-order chi connectivity index (χ1) is 11.4. The number of amides is 1. The molecule has 4 nitrogen and oxygen atoms in total. The van der Waals surface area contributed by atoms with E-state index in [9.17, 15) is 4.79 Å². The lowest BCUT2D eigenvalue weighted by Crippen LogP contribution is -2.31. The van der Waals surface area contributed by atoms with Crippen LogP contribution in [0.3, 0.4) is 0 Å². The predicted octanol–water partition coefficient (Wildman–Crippen LogP) is 3.88. The minimum absolute atomic E-state index is 0.0264. The highest BCUT2D eigenvalue weighted by Crippen LogP contribution is 2.22. The van der Waals surface area contributed by atoms with Crippen molar-refractivity contribution in [1.82, 2.24) is 5.32 Å². The Labute approximate surface area is 143 Å². The first kappa shape index (κ1) is 17.9. The van der Waals surface area contributed by atoms with Crippen molar-refractivity contribution >= 4 is 5.91 Å². The number of rotatable bonds is 6. The zero-order chi connectivity index (χ0) is 17.7. The SMILES string of the molecule is COc1cccc(OCC(=O)NC(C)c2cc(C)c(C)cc2C)c1. The van der Waals surface area contributed by atoms with Crippen LogP contribution in [0.4, 0.5) is 0 Å². The Morgan fingerprint density at radius 3 is 2.42 bits per heavy atom. The van der Waals surface area contributed by atoms with Gasteiger partial charge in [0.2, 0.25) is 0 Å². The molecule has 0 bridgehead atoms. The molecule has 0 spiro atoms. The zero-order valence-electron chi connectivity index (χ0n) is 15.0. The van der Waals surface area contributed by atoms with Crippen molar-refractivity contribution in [3.8, 4) is 11.5 Å². The minimum atomic E-state index is -0.150. The van der Waals surface area contributed by atoms with E-state index in [0.717, 1.165) is 5.56 Å². The van der Waals surface area contributed by atoms with Crippen LogP contribution in [0.1, 0.15) is 35.2 Å². The van der Waals surface area contributed by atoms with E-state index < -0.39 is 0 Å². The fraction of sp³-hybridized carbons (Fsp3) is 0.350. The fourth-order valence-electron chi connectivity index (χ4n) is 2.65. The number of ether oxygens (including phenoxy) is 2. The van der Waals surface area contributed by atoms with Gasteiger partial charge in [0, 0.05) is 6.07 Å². The fourth-order valence-corrected chi connectivity index (χ4v) is 2.65. The first-order valence-electron chi connectivity index (χ1n) is 8.04. The summed E-state index contributed by atoms with van der Waals surface area (Å²) < 4.78 is 10.7. The van der Waals surface area contributed by atoms with Crippen molar-refractivity contribution in [2.24, 2.45) is 0 Å². The number of benzene rings is 2. The van der Waals surface area contributed by atoms with Gasteiger partial charge in [0.05, 0.1) is 13.2 Å². The van der Waals surface area contributed by atoms with Crippen LogP contribution in [-0.4, -0.2) is 19.6 Å². The van der Waals surface area contributed by atoms with E-state index in [-0.39, 0.29) is 18.6 Å². The second-order valence-corrected chi connectivity index (χ2v) is 6.05. The van der Waals surface area contributed by atoms with Crippen LogP contribution < -0.4 is 14.8 Å². The van der Waals surface area contributed by atoms with E-state index in [0.29, 0.717) is 11.5 Å². The van der Waals surface area contributed by atoms with Crippen molar-refractivity contribution < 1.29 is 14.3 Å². The minimum Gasteiger partial charge on any atom is -0.497 e. The lowest BCUT2D eigenvalue weighted by molar-refractivity contribution is -0.123. The number of carbonyl (C=O) groups excluding carboxylic acids is 1. The van der Waals surface area contributed by atoms with Crippen LogP contribution in [0.5, 0.6) is 11.5 Å². The Bertz CT molecular complexity index is 725. The van der Waals surface area contributed by atoms with E-state index >= 15 is 0 Å². The molecule has 4 heteroatoms. The second kappa shape index (κ2) is 7.86. The van der Waals surface area contributed by atoms with Crippen molar-refractivity contribution in [2.75, 3.05) is 13.7 Å². The van der Waals surface area contributed by atoms with E-state index in [2.05, 4.69) is 38.2 Å². The molecule has 1 N–H and O–H groups in total. The molecule has 2 aromatic rings. The van der Waals surface area contributed by atoms with Gasteiger partial charge in [0.15, 0.2) is 6.61 Å². The normalized spacial score (nSPS) is 11.7. The van der Waals surface area contributed by atoms with Gasteiger partial charge in [-0.3, -0.25) is 4.79 Å². The third-order valence-corrected chi connectivity index (χ3v) is 4.14. The predicted molar refractivity (Wildman–Crippen MR) is 95.7 cm³/mol. The Morgan fingerprint density at radius 2 is 1.71 bits per heavy atom. The summed E-state index contributed by atoms with van der Waals surface area (Å²) in [4.78, 5) is 12.2. The number of hydrogen-bond acceptors (Lipinski definition) is 3. The maximum absolute atomic E-state index is 12.2. The molecule has 0 saturated carbocycles. The first-order valence-corrected chi connectivity index (χ1v) is 8.04. The molecule has 0 aliphatic carbocycles. The van der Waals surface area contributed by atoms with Gasteiger partial charge in [0.1, 0.15) is 11.5 Å². The number of carbonyl (C=O) groups is 1. The Balaban J connectivity index is 1.95. The third-order valence-electron chi connectivity index (χ3n) is 4.14. The van der Waals surface area contributed by atoms with E-state index in [1.807, 2.05) is 19.1 Å². The maximum atomic E-state index is 12.2. The van der Waals surface area contributed by atoms with Crippen LogP contribution >= 0.6 is 0 Å². The maximum Gasteiger partial charge on any atom is 0.258 e. The highest BCUT2D eigenvalue weighted by atomic mass is 16.5. The quantitative estimate of drug-likeness (QED) is 0.876. The van der Waals surface area contributed by atoms with Gasteiger partial charge in [-0.05, 0) is 62.1 Å². The molecule has 0 radical (unpaired) electrons. The zero-order valence-corrected chi connectivity index (χ0v) is 15.0. The smallest absolute Gasteiger partial charge is 0.258 e. The van der Waals surface area contributed by atoms with Gasteiger partial charge in [-0.1, -0.05) is 18.2 Å². The van der Waals surface area contributed by atoms with Gasteiger partial charge in [-0.25, -0.2) is 0 Å². The van der Waals surface area contributed by atoms with Crippen molar-refractivity contribution in [3.05, 3.63) is 58.7 Å². The third kappa shape index (κ3) is 4.51. The van der Waals surface area contributed by atoms with Crippen LogP contribution in [-0.2, 0) is 4.79 Å². The largest absolute Gasteiger partial charge is 0.497 e. The standard InChI is InChI=1S/C20H25NO3/c1-13-9-15(3)19(10-14(13)2)16(4)21-20(22)12-24-18-8-6-7-17(11-18)23-5/h6-11,16H,12H2,1-5H3,(H,21,22). The Kier molecular flexibility index (Phi) is 5.85. The number of hydrogen-bond donors (Lipinski definition) is 1. The summed E-state index contributed by atoms with van der Waals surface area (Å²) in [6.07, 6.45) is 0. The van der Waals surface area contributed by atoms with Gasteiger partial charge < -0.3 is 14.8 Å². The summed E-state index contributed by atoms with van der Waals surface area (Å²) >= 11 is 0. The molecular formula is C20H25NO3. The molecule has 1 unspecified atom stereocenters. The highest BCUT2D eigenvalue weighted by Gasteiger charge is 2.13. The van der Waals surface area contributed by atoms with Gasteiger partial charge in [0.25, 0.3) is 5.91 Å². The number of nitrogens with one attached hydrogen (secondary N) is 1. The molecule has 0 aromatic heterocycles. The van der Waals surface area contributed by atoms with Crippen LogP contribution in [0.15, 0.2) is 36.4 Å². The van der Waals surface area contributed by atoms with Gasteiger partial charge in [-0.15, -0.1) is 0 Å². The van der Waals surface area contributed by atoms with E-state index in [1.165, 1.54) is 16.7 Å². The molecule has 1 atom stereocenters. The summed E-state index contributed by atoms with van der Waals surface area (Å²) in [6, 6.07) is 11.4. The molecule has 0 heterocycles. The summed E-state index contributed by atoms with van der Waals surface area (Å²) in [5, 5.41) is 2.99. The number of methoxy groups -OCH3 is 1. The second-order valence-electron chi connectivity index (χ2n) is 6.05. The molecule has 128 valence electrons.